The van der Waals surface area contributed by atoms with Crippen LogP contribution in [0.25, 0.3) is 0 Å². The topological polar surface area (TPSA) is 61.8 Å². The van der Waals surface area contributed by atoms with Gasteiger partial charge in [0.2, 0.25) is 5.78 Å². The Labute approximate surface area is 125 Å². The van der Waals surface area contributed by atoms with Gasteiger partial charge < -0.3 is 14.2 Å². The average Bonchev–Trinajstić information content (AvgIpc) is 2.22. The van der Waals surface area contributed by atoms with E-state index in [2.05, 4.69) is 6.58 Å². The van der Waals surface area contributed by atoms with Gasteiger partial charge in [0.25, 0.3) is 0 Å². The number of hydrogen-bond acceptors (Lipinski definition) is 5. The first-order valence-corrected chi connectivity index (χ1v) is 5.91. The van der Waals surface area contributed by atoms with E-state index >= 15 is 0 Å². The summed E-state index contributed by atoms with van der Waals surface area (Å²) >= 11 is 0. The lowest BCUT2D eigenvalue weighted by molar-refractivity contribution is -0.257. The third-order valence-corrected chi connectivity index (χ3v) is 1.87. The van der Waals surface area contributed by atoms with E-state index in [9.17, 15) is 9.59 Å². The van der Waals surface area contributed by atoms with Gasteiger partial charge in [-0.05, 0) is 27.7 Å². The molecular weight excluding hydrogens is 263 g/mol. The molecule has 0 saturated carbocycles. The smallest absolute Gasteiger partial charge is 0.375 e. The van der Waals surface area contributed by atoms with Crippen LogP contribution in [0.15, 0.2) is 12.7 Å². The summed E-state index contributed by atoms with van der Waals surface area (Å²) in [5.74, 6) is -3.39. The van der Waals surface area contributed by atoms with Crippen LogP contribution in [-0.2, 0) is 23.8 Å². The van der Waals surface area contributed by atoms with E-state index in [4.69, 9.17) is 14.2 Å². The van der Waals surface area contributed by atoms with Crippen molar-refractivity contribution in [1.82, 2.24) is 0 Å². The molecule has 19 heavy (non-hydrogen) atoms. The minimum absolute atomic E-state index is 0. The second-order valence-electron chi connectivity index (χ2n) is 4.39. The number of hydrogen-bond donors (Lipinski definition) is 0. The number of carbonyl (C=O) groups is 2. The number of ether oxygens (including phenoxy) is 3. The van der Waals surface area contributed by atoms with Crippen LogP contribution in [-0.4, -0.2) is 53.7 Å². The van der Waals surface area contributed by atoms with Crippen molar-refractivity contribution in [3.8, 4) is 0 Å². The average molecular weight is 285 g/mol. The van der Waals surface area contributed by atoms with Gasteiger partial charge in [0.05, 0.1) is 12.2 Å². The number of ketones is 1. The number of carbonyl (C=O) groups excluding carboxylic acids is 2. The van der Waals surface area contributed by atoms with Gasteiger partial charge in [-0.25, -0.2) is 4.79 Å². The second kappa shape index (κ2) is 9.27. The summed E-state index contributed by atoms with van der Waals surface area (Å²) in [6.07, 6.45) is 0.695. The molecule has 0 aromatic carbocycles. The highest BCUT2D eigenvalue weighted by Gasteiger charge is 2.49. The molecule has 6 heteroatoms. The van der Waals surface area contributed by atoms with Crippen LogP contribution < -0.4 is 0 Å². The first-order chi connectivity index (χ1) is 8.26. The molecule has 3 radical (unpaired) electrons. The summed E-state index contributed by atoms with van der Waals surface area (Å²) in [6, 6.07) is 0. The molecule has 0 spiro atoms. The molecular formula is C13H22AlO5. The molecule has 0 rings (SSSR count). The molecule has 0 N–H and O–H groups in total. The fourth-order valence-electron chi connectivity index (χ4n) is 1.33. The van der Waals surface area contributed by atoms with Gasteiger partial charge in [-0.2, -0.15) is 0 Å². The zero-order valence-corrected chi connectivity index (χ0v) is 13.4. The molecule has 0 aromatic rings. The van der Waals surface area contributed by atoms with Crippen molar-refractivity contribution in [1.29, 1.82) is 0 Å². The molecule has 0 bridgehead atoms. The zero-order valence-electron chi connectivity index (χ0n) is 12.3. The van der Waals surface area contributed by atoms with Crippen LogP contribution in [0.2, 0.25) is 0 Å². The fourth-order valence-corrected chi connectivity index (χ4v) is 1.33. The maximum Gasteiger partial charge on any atom is 0.375 e. The monoisotopic (exact) mass is 285 g/mol. The quantitative estimate of drug-likeness (QED) is 0.222. The zero-order chi connectivity index (χ0) is 14.3. The Morgan fingerprint density at radius 3 is 1.84 bits per heavy atom. The lowest BCUT2D eigenvalue weighted by atomic mass is 10.1. The summed E-state index contributed by atoms with van der Waals surface area (Å²) in [5, 5.41) is 0. The van der Waals surface area contributed by atoms with Gasteiger partial charge in [0.15, 0.2) is 0 Å². The standard InChI is InChI=1S/C13H22O5.Al/c1-7-8-16-12(15)13(11(6)14,17-9(2)3)18-10(4)5;/h7,9-10H,1,8H2,2-6H3;. The highest BCUT2D eigenvalue weighted by Crippen LogP contribution is 2.22. The minimum Gasteiger partial charge on any atom is -0.457 e. The van der Waals surface area contributed by atoms with Crippen LogP contribution in [0, 0.1) is 0 Å². The third-order valence-electron chi connectivity index (χ3n) is 1.87. The molecule has 0 fully saturated rings. The van der Waals surface area contributed by atoms with Crippen molar-refractivity contribution >= 4 is 29.1 Å². The third kappa shape index (κ3) is 6.35. The van der Waals surface area contributed by atoms with Crippen LogP contribution in [0.3, 0.4) is 0 Å². The Bertz CT molecular complexity index is 302. The Morgan fingerprint density at radius 2 is 1.58 bits per heavy atom. The van der Waals surface area contributed by atoms with Crippen LogP contribution in [0.5, 0.6) is 0 Å². The van der Waals surface area contributed by atoms with Crippen molar-refractivity contribution in [2.24, 2.45) is 0 Å². The maximum absolute atomic E-state index is 12.0. The summed E-state index contributed by atoms with van der Waals surface area (Å²) in [5.41, 5.74) is 0. The molecule has 0 unspecified atom stereocenters. The summed E-state index contributed by atoms with van der Waals surface area (Å²) in [4.78, 5) is 23.8. The summed E-state index contributed by atoms with van der Waals surface area (Å²) in [6.45, 7) is 11.5. The Kier molecular flexibility index (Phi) is 10.1. The van der Waals surface area contributed by atoms with Crippen molar-refractivity contribution in [2.45, 2.75) is 52.6 Å². The van der Waals surface area contributed by atoms with Crippen LogP contribution >= 0.6 is 0 Å². The highest BCUT2D eigenvalue weighted by atomic mass is 27.0. The van der Waals surface area contributed by atoms with Gasteiger partial charge in [0, 0.05) is 24.3 Å². The predicted octanol–water partition coefficient (Wildman–Crippen LogP) is 1.47. The number of rotatable bonds is 8. The van der Waals surface area contributed by atoms with Crippen LogP contribution in [0.4, 0.5) is 0 Å². The van der Waals surface area contributed by atoms with Crippen molar-refractivity contribution in [3.63, 3.8) is 0 Å². The maximum atomic E-state index is 12.0. The molecule has 0 atom stereocenters. The molecule has 0 aromatic heterocycles. The second-order valence-corrected chi connectivity index (χ2v) is 4.39. The van der Waals surface area contributed by atoms with Crippen molar-refractivity contribution < 1.29 is 23.8 Å². The van der Waals surface area contributed by atoms with E-state index < -0.39 is 17.5 Å². The van der Waals surface area contributed by atoms with E-state index in [1.807, 2.05) is 0 Å². The fraction of sp³-hybridized carbons (Fsp3) is 0.692. The van der Waals surface area contributed by atoms with E-state index in [1.54, 1.807) is 27.7 Å². The molecule has 0 heterocycles. The molecule has 107 valence electrons. The minimum atomic E-state index is -1.99. The molecule has 0 aliphatic carbocycles. The SMILES string of the molecule is C=CCOC(=O)C(OC(C)C)(OC(C)C)C(C)=O.[Al]. The van der Waals surface area contributed by atoms with E-state index in [-0.39, 0.29) is 36.2 Å². The Morgan fingerprint density at radius 1 is 1.16 bits per heavy atom. The van der Waals surface area contributed by atoms with Crippen LogP contribution in [0.1, 0.15) is 34.6 Å². The summed E-state index contributed by atoms with van der Waals surface area (Å²) in [7, 11) is 0. The molecule has 0 saturated heterocycles. The first-order valence-electron chi connectivity index (χ1n) is 5.91. The molecule has 0 aliphatic rings. The molecule has 0 amide bonds. The lowest BCUT2D eigenvalue weighted by Gasteiger charge is -2.32. The van der Waals surface area contributed by atoms with E-state index in [0.717, 1.165) is 0 Å². The Balaban J connectivity index is 0. The largest absolute Gasteiger partial charge is 0.457 e. The van der Waals surface area contributed by atoms with Gasteiger partial charge in [-0.15, -0.1) is 0 Å². The van der Waals surface area contributed by atoms with Crippen molar-refractivity contribution in [3.05, 3.63) is 12.7 Å². The van der Waals surface area contributed by atoms with Gasteiger partial charge in [-0.3, -0.25) is 4.79 Å². The number of esters is 1. The van der Waals surface area contributed by atoms with E-state index in [0.29, 0.717) is 0 Å². The van der Waals surface area contributed by atoms with Gasteiger partial charge >= 0.3 is 11.8 Å². The Hall–Kier alpha value is -0.668. The van der Waals surface area contributed by atoms with E-state index in [1.165, 1.54) is 13.0 Å². The van der Waals surface area contributed by atoms with Gasteiger partial charge in [0.1, 0.15) is 6.61 Å². The predicted molar refractivity (Wildman–Crippen MR) is 72.8 cm³/mol. The summed E-state index contributed by atoms with van der Waals surface area (Å²) < 4.78 is 15.7. The normalized spacial score (nSPS) is 11.1. The molecule has 5 nitrogen and oxygen atoms in total. The lowest BCUT2D eigenvalue weighted by Crippen LogP contribution is -2.54. The highest BCUT2D eigenvalue weighted by molar-refractivity contribution is 6.04. The van der Waals surface area contributed by atoms with Crippen molar-refractivity contribution in [2.75, 3.05) is 6.61 Å². The van der Waals surface area contributed by atoms with Gasteiger partial charge in [-0.1, -0.05) is 12.7 Å². The number of Topliss-reactive ketones (excluding diaryl/α,β-unsaturated/α-hetero) is 1. The molecule has 0 aliphatic heterocycles. The first kappa shape index (κ1) is 20.6.